The molecular formula is C24H25N5O. The largest absolute Gasteiger partial charge is 0.342 e. The van der Waals surface area contributed by atoms with E-state index in [2.05, 4.69) is 20.0 Å². The van der Waals surface area contributed by atoms with Crippen molar-refractivity contribution in [3.63, 3.8) is 0 Å². The number of carbonyl (C=O) groups is 1. The zero-order chi connectivity index (χ0) is 21.3. The van der Waals surface area contributed by atoms with E-state index in [0.29, 0.717) is 12.1 Å². The van der Waals surface area contributed by atoms with E-state index in [9.17, 15) is 4.79 Å². The lowest BCUT2D eigenvalue weighted by Gasteiger charge is -2.10. The Morgan fingerprint density at radius 1 is 0.967 bits per heavy atom. The molecule has 0 aliphatic rings. The first-order valence-corrected chi connectivity index (χ1v) is 9.95. The number of para-hydroxylation sites is 1. The number of anilines is 1. The standard InChI is InChI=1S/C24H25N5O/c1-16-14-22(18(3)28(16)15-20-10-8-9-13-25-20)24(30)26-23-17(2)27-29(19(23)4)21-11-6-5-7-12-21/h5-14H,15H2,1-4H3,(H,26,30). The molecule has 0 unspecified atom stereocenters. The number of aryl methyl sites for hydroxylation is 2. The number of nitrogens with one attached hydrogen (secondary N) is 1. The quantitative estimate of drug-likeness (QED) is 0.533. The van der Waals surface area contributed by atoms with Crippen LogP contribution in [0.5, 0.6) is 0 Å². The van der Waals surface area contributed by atoms with Gasteiger partial charge in [0.15, 0.2) is 0 Å². The minimum Gasteiger partial charge on any atom is -0.342 e. The summed E-state index contributed by atoms with van der Waals surface area (Å²) in [5.74, 6) is -0.130. The van der Waals surface area contributed by atoms with E-state index in [4.69, 9.17) is 0 Å². The first kappa shape index (κ1) is 19.6. The fourth-order valence-corrected chi connectivity index (χ4v) is 3.75. The molecule has 0 aliphatic carbocycles. The third-order valence-corrected chi connectivity index (χ3v) is 5.40. The molecule has 1 amide bonds. The summed E-state index contributed by atoms with van der Waals surface area (Å²) in [6.45, 7) is 8.49. The number of rotatable bonds is 5. The minimum absolute atomic E-state index is 0.130. The summed E-state index contributed by atoms with van der Waals surface area (Å²) in [6.07, 6.45) is 1.78. The second-order valence-electron chi connectivity index (χ2n) is 7.44. The van der Waals surface area contributed by atoms with Crippen LogP contribution in [0.2, 0.25) is 0 Å². The molecule has 0 fully saturated rings. The van der Waals surface area contributed by atoms with Gasteiger partial charge in [0.2, 0.25) is 0 Å². The van der Waals surface area contributed by atoms with Gasteiger partial charge in [-0.05, 0) is 58.0 Å². The summed E-state index contributed by atoms with van der Waals surface area (Å²) in [4.78, 5) is 17.5. The van der Waals surface area contributed by atoms with Crippen molar-refractivity contribution in [2.24, 2.45) is 0 Å². The maximum Gasteiger partial charge on any atom is 0.257 e. The Balaban J connectivity index is 1.61. The molecule has 1 aromatic carbocycles. The molecule has 30 heavy (non-hydrogen) atoms. The molecule has 0 radical (unpaired) electrons. The topological polar surface area (TPSA) is 64.7 Å². The highest BCUT2D eigenvalue weighted by molar-refractivity contribution is 6.06. The highest BCUT2D eigenvalue weighted by atomic mass is 16.1. The predicted molar refractivity (Wildman–Crippen MR) is 118 cm³/mol. The van der Waals surface area contributed by atoms with Gasteiger partial charge in [0.1, 0.15) is 0 Å². The molecule has 3 aromatic heterocycles. The number of pyridine rings is 1. The third kappa shape index (κ3) is 3.64. The fraction of sp³-hybridized carbons (Fsp3) is 0.208. The monoisotopic (exact) mass is 399 g/mol. The van der Waals surface area contributed by atoms with Crippen LogP contribution in [-0.2, 0) is 6.54 Å². The van der Waals surface area contributed by atoms with Gasteiger partial charge in [-0.3, -0.25) is 9.78 Å². The van der Waals surface area contributed by atoms with Crippen molar-refractivity contribution in [2.75, 3.05) is 5.32 Å². The molecule has 4 aromatic rings. The second-order valence-corrected chi connectivity index (χ2v) is 7.44. The first-order valence-electron chi connectivity index (χ1n) is 9.95. The van der Waals surface area contributed by atoms with Crippen LogP contribution in [0.4, 0.5) is 5.69 Å². The lowest BCUT2D eigenvalue weighted by atomic mass is 10.2. The van der Waals surface area contributed by atoms with E-state index in [1.807, 2.05) is 87.0 Å². The Hall–Kier alpha value is -3.67. The van der Waals surface area contributed by atoms with Gasteiger partial charge < -0.3 is 9.88 Å². The highest BCUT2D eigenvalue weighted by Crippen LogP contribution is 2.25. The van der Waals surface area contributed by atoms with Crippen molar-refractivity contribution < 1.29 is 4.79 Å². The lowest BCUT2D eigenvalue weighted by Crippen LogP contribution is -2.15. The van der Waals surface area contributed by atoms with Crippen LogP contribution < -0.4 is 5.32 Å². The Morgan fingerprint density at radius 2 is 1.70 bits per heavy atom. The van der Waals surface area contributed by atoms with E-state index in [0.717, 1.165) is 39.8 Å². The van der Waals surface area contributed by atoms with Crippen LogP contribution in [-0.4, -0.2) is 25.2 Å². The Bertz CT molecular complexity index is 1190. The number of hydrogen-bond donors (Lipinski definition) is 1. The van der Waals surface area contributed by atoms with Crippen LogP contribution in [0.25, 0.3) is 5.69 Å². The summed E-state index contributed by atoms with van der Waals surface area (Å²) in [5.41, 5.74) is 6.96. The Kier molecular flexibility index (Phi) is 5.23. The molecular weight excluding hydrogens is 374 g/mol. The number of benzene rings is 1. The minimum atomic E-state index is -0.130. The third-order valence-electron chi connectivity index (χ3n) is 5.40. The van der Waals surface area contributed by atoms with Gasteiger partial charge in [0.25, 0.3) is 5.91 Å². The average Bonchev–Trinajstić information content (AvgIpc) is 3.20. The first-order chi connectivity index (χ1) is 14.5. The lowest BCUT2D eigenvalue weighted by molar-refractivity contribution is 0.102. The van der Waals surface area contributed by atoms with E-state index < -0.39 is 0 Å². The zero-order valence-corrected chi connectivity index (χ0v) is 17.7. The van der Waals surface area contributed by atoms with Crippen molar-refractivity contribution in [1.82, 2.24) is 19.3 Å². The maximum absolute atomic E-state index is 13.1. The average molecular weight is 399 g/mol. The second kappa shape index (κ2) is 7.99. The van der Waals surface area contributed by atoms with Crippen molar-refractivity contribution in [3.8, 4) is 5.69 Å². The Morgan fingerprint density at radius 3 is 2.40 bits per heavy atom. The van der Waals surface area contributed by atoms with Gasteiger partial charge in [-0.15, -0.1) is 0 Å². The molecule has 6 nitrogen and oxygen atoms in total. The molecule has 3 heterocycles. The van der Waals surface area contributed by atoms with E-state index in [1.54, 1.807) is 6.20 Å². The maximum atomic E-state index is 13.1. The van der Waals surface area contributed by atoms with E-state index in [-0.39, 0.29) is 5.91 Å². The van der Waals surface area contributed by atoms with Crippen LogP contribution in [0.15, 0.2) is 60.8 Å². The molecule has 4 rings (SSSR count). The van der Waals surface area contributed by atoms with Gasteiger partial charge in [-0.25, -0.2) is 4.68 Å². The van der Waals surface area contributed by atoms with Gasteiger partial charge in [-0.2, -0.15) is 5.10 Å². The summed E-state index contributed by atoms with van der Waals surface area (Å²) >= 11 is 0. The summed E-state index contributed by atoms with van der Waals surface area (Å²) < 4.78 is 3.97. The van der Waals surface area contributed by atoms with Crippen LogP contribution in [0.3, 0.4) is 0 Å². The number of aromatic nitrogens is 4. The molecule has 6 heteroatoms. The molecule has 0 saturated carbocycles. The van der Waals surface area contributed by atoms with Gasteiger partial charge in [0, 0.05) is 17.6 Å². The predicted octanol–water partition coefficient (Wildman–Crippen LogP) is 4.60. The number of nitrogens with zero attached hydrogens (tertiary/aromatic N) is 4. The number of hydrogen-bond acceptors (Lipinski definition) is 3. The normalized spacial score (nSPS) is 10.9. The molecule has 1 N–H and O–H groups in total. The van der Waals surface area contributed by atoms with Gasteiger partial charge >= 0.3 is 0 Å². The molecule has 0 saturated heterocycles. The number of carbonyl (C=O) groups excluding carboxylic acids is 1. The summed E-state index contributed by atoms with van der Waals surface area (Å²) in [5, 5.41) is 7.70. The molecule has 152 valence electrons. The zero-order valence-electron chi connectivity index (χ0n) is 17.7. The fourth-order valence-electron chi connectivity index (χ4n) is 3.75. The SMILES string of the molecule is Cc1nn(-c2ccccc2)c(C)c1NC(=O)c1cc(C)n(Cc2ccccn2)c1C. The van der Waals surface area contributed by atoms with Crippen molar-refractivity contribution in [3.05, 3.63) is 94.8 Å². The van der Waals surface area contributed by atoms with Gasteiger partial charge in [0.05, 0.1) is 40.6 Å². The summed E-state index contributed by atoms with van der Waals surface area (Å²) in [6, 6.07) is 17.7. The smallest absolute Gasteiger partial charge is 0.257 e. The van der Waals surface area contributed by atoms with Crippen molar-refractivity contribution in [2.45, 2.75) is 34.2 Å². The van der Waals surface area contributed by atoms with Crippen LogP contribution in [0, 0.1) is 27.7 Å². The number of amides is 1. The molecule has 0 bridgehead atoms. The highest BCUT2D eigenvalue weighted by Gasteiger charge is 2.20. The molecule has 0 atom stereocenters. The van der Waals surface area contributed by atoms with Crippen molar-refractivity contribution in [1.29, 1.82) is 0 Å². The van der Waals surface area contributed by atoms with Crippen LogP contribution >= 0.6 is 0 Å². The van der Waals surface area contributed by atoms with Crippen LogP contribution in [0.1, 0.15) is 38.8 Å². The van der Waals surface area contributed by atoms with Crippen molar-refractivity contribution >= 4 is 11.6 Å². The Labute approximate surface area is 176 Å². The van der Waals surface area contributed by atoms with E-state index in [1.165, 1.54) is 0 Å². The molecule has 0 aliphatic heterocycles. The van der Waals surface area contributed by atoms with Gasteiger partial charge in [-0.1, -0.05) is 24.3 Å². The molecule has 0 spiro atoms. The summed E-state index contributed by atoms with van der Waals surface area (Å²) in [7, 11) is 0. The van der Waals surface area contributed by atoms with E-state index >= 15 is 0 Å².